The third-order valence-corrected chi connectivity index (χ3v) is 5.29. The van der Waals surface area contributed by atoms with E-state index in [0.29, 0.717) is 11.3 Å². The molecule has 0 aliphatic heterocycles. The number of carbonyl (C=O) groups is 2. The van der Waals surface area contributed by atoms with Crippen LogP contribution in [-0.2, 0) is 11.2 Å². The van der Waals surface area contributed by atoms with Crippen LogP contribution < -0.4 is 10.6 Å². The summed E-state index contributed by atoms with van der Waals surface area (Å²) in [5.74, 6) is -0.274. The first-order chi connectivity index (χ1) is 15.0. The molecule has 0 radical (unpaired) electrons. The van der Waals surface area contributed by atoms with E-state index in [9.17, 15) is 9.59 Å². The summed E-state index contributed by atoms with van der Waals surface area (Å²) in [5.41, 5.74) is 5.15. The average molecular weight is 409 g/mol. The minimum atomic E-state index is -0.180. The highest BCUT2D eigenvalue weighted by molar-refractivity contribution is 6.05. The average Bonchev–Trinajstić information content (AvgIpc) is 2.76. The number of rotatable bonds is 5. The highest BCUT2D eigenvalue weighted by Gasteiger charge is 2.10. The van der Waals surface area contributed by atoms with Gasteiger partial charge < -0.3 is 10.6 Å². The molecule has 0 fully saturated rings. The summed E-state index contributed by atoms with van der Waals surface area (Å²) in [4.78, 5) is 25.1. The molecule has 0 saturated carbocycles. The Morgan fingerprint density at radius 2 is 1.52 bits per heavy atom. The van der Waals surface area contributed by atoms with E-state index in [0.717, 1.165) is 33.2 Å². The molecule has 31 heavy (non-hydrogen) atoms. The molecular formula is C27H24N2O2. The summed E-state index contributed by atoms with van der Waals surface area (Å²) in [6, 6.07) is 26.9. The van der Waals surface area contributed by atoms with E-state index in [4.69, 9.17) is 0 Å². The summed E-state index contributed by atoms with van der Waals surface area (Å²) in [7, 11) is 0. The molecule has 0 saturated heterocycles. The lowest BCUT2D eigenvalue weighted by Gasteiger charge is -2.10. The van der Waals surface area contributed by atoms with Crippen molar-refractivity contribution in [2.45, 2.75) is 20.3 Å². The highest BCUT2D eigenvalue weighted by atomic mass is 16.2. The minimum Gasteiger partial charge on any atom is -0.326 e. The van der Waals surface area contributed by atoms with Gasteiger partial charge in [0.1, 0.15) is 0 Å². The Balaban J connectivity index is 1.41. The summed E-state index contributed by atoms with van der Waals surface area (Å²) in [6.45, 7) is 3.99. The fraction of sp³-hybridized carbons (Fsp3) is 0.111. The SMILES string of the molecule is Cc1ccc(NC(=O)c2ccc(NC(=O)Cc3cccc4ccccc34)cc2)c(C)c1. The molecular weight excluding hydrogens is 384 g/mol. The van der Waals surface area contributed by atoms with Gasteiger partial charge in [-0.15, -0.1) is 0 Å². The monoisotopic (exact) mass is 408 g/mol. The van der Waals surface area contributed by atoms with E-state index in [1.165, 1.54) is 0 Å². The van der Waals surface area contributed by atoms with Gasteiger partial charge in [0.25, 0.3) is 5.91 Å². The zero-order valence-electron chi connectivity index (χ0n) is 17.6. The normalized spacial score (nSPS) is 10.6. The van der Waals surface area contributed by atoms with E-state index < -0.39 is 0 Å². The minimum absolute atomic E-state index is 0.0937. The van der Waals surface area contributed by atoms with Crippen molar-refractivity contribution >= 4 is 34.0 Å². The van der Waals surface area contributed by atoms with Crippen LogP contribution in [0.25, 0.3) is 10.8 Å². The highest BCUT2D eigenvalue weighted by Crippen LogP contribution is 2.20. The molecule has 4 rings (SSSR count). The summed E-state index contributed by atoms with van der Waals surface area (Å²) in [5, 5.41) is 8.05. The van der Waals surface area contributed by atoms with Crippen molar-refractivity contribution in [3.8, 4) is 0 Å². The van der Waals surface area contributed by atoms with Gasteiger partial charge in [-0.25, -0.2) is 0 Å². The molecule has 0 atom stereocenters. The third kappa shape index (κ3) is 4.81. The van der Waals surface area contributed by atoms with Crippen molar-refractivity contribution in [1.29, 1.82) is 0 Å². The molecule has 154 valence electrons. The Hall–Kier alpha value is -3.92. The largest absolute Gasteiger partial charge is 0.326 e. The van der Waals surface area contributed by atoms with Gasteiger partial charge in [0.15, 0.2) is 0 Å². The topological polar surface area (TPSA) is 58.2 Å². The predicted octanol–water partition coefficient (Wildman–Crippen LogP) is 5.89. The number of hydrogen-bond acceptors (Lipinski definition) is 2. The first-order valence-corrected chi connectivity index (χ1v) is 10.2. The Morgan fingerprint density at radius 3 is 2.29 bits per heavy atom. The second-order valence-electron chi connectivity index (χ2n) is 7.71. The Labute approximate surface area is 181 Å². The van der Waals surface area contributed by atoms with Crippen LogP contribution in [0.3, 0.4) is 0 Å². The maximum Gasteiger partial charge on any atom is 0.255 e. The lowest BCUT2D eigenvalue weighted by Crippen LogP contribution is -2.15. The van der Waals surface area contributed by atoms with Crippen LogP contribution in [-0.4, -0.2) is 11.8 Å². The van der Waals surface area contributed by atoms with Crippen LogP contribution in [0.4, 0.5) is 11.4 Å². The first-order valence-electron chi connectivity index (χ1n) is 10.2. The Bertz CT molecular complexity index is 1250. The number of nitrogens with one attached hydrogen (secondary N) is 2. The number of benzene rings is 4. The molecule has 2 amide bonds. The summed E-state index contributed by atoms with van der Waals surface area (Å²) in [6.07, 6.45) is 0.288. The molecule has 4 nitrogen and oxygen atoms in total. The van der Waals surface area contributed by atoms with E-state index in [1.54, 1.807) is 24.3 Å². The Kier molecular flexibility index (Phi) is 5.80. The van der Waals surface area contributed by atoms with Crippen molar-refractivity contribution in [3.05, 3.63) is 107 Å². The van der Waals surface area contributed by atoms with Crippen LogP contribution in [0.15, 0.2) is 84.9 Å². The molecule has 0 bridgehead atoms. The van der Waals surface area contributed by atoms with Gasteiger partial charge in [-0.1, -0.05) is 60.2 Å². The van der Waals surface area contributed by atoms with Crippen molar-refractivity contribution in [2.24, 2.45) is 0 Å². The molecule has 0 heterocycles. The Morgan fingerprint density at radius 1 is 0.774 bits per heavy atom. The second kappa shape index (κ2) is 8.84. The van der Waals surface area contributed by atoms with Gasteiger partial charge in [0.05, 0.1) is 6.42 Å². The zero-order chi connectivity index (χ0) is 21.8. The van der Waals surface area contributed by atoms with E-state index in [1.807, 2.05) is 74.5 Å². The molecule has 0 unspecified atom stereocenters. The van der Waals surface area contributed by atoms with Crippen molar-refractivity contribution in [2.75, 3.05) is 10.6 Å². The van der Waals surface area contributed by atoms with Crippen LogP contribution >= 0.6 is 0 Å². The molecule has 0 spiro atoms. The lowest BCUT2D eigenvalue weighted by atomic mass is 10.0. The molecule has 0 aliphatic rings. The predicted molar refractivity (Wildman–Crippen MR) is 127 cm³/mol. The van der Waals surface area contributed by atoms with Gasteiger partial charge >= 0.3 is 0 Å². The van der Waals surface area contributed by atoms with Crippen LogP contribution in [0.2, 0.25) is 0 Å². The summed E-state index contributed by atoms with van der Waals surface area (Å²) < 4.78 is 0. The smallest absolute Gasteiger partial charge is 0.255 e. The molecule has 0 aliphatic carbocycles. The first kappa shape index (κ1) is 20.4. The van der Waals surface area contributed by atoms with Gasteiger partial charge in [-0.2, -0.15) is 0 Å². The van der Waals surface area contributed by atoms with Gasteiger partial charge in [-0.05, 0) is 66.1 Å². The molecule has 0 aromatic heterocycles. The van der Waals surface area contributed by atoms with E-state index >= 15 is 0 Å². The number of carbonyl (C=O) groups excluding carboxylic acids is 2. The standard InChI is InChI=1S/C27H24N2O2/c1-18-10-15-25(19(2)16-18)29-27(31)21-11-13-23(14-12-21)28-26(30)17-22-8-5-7-20-6-3-4-9-24(20)22/h3-16H,17H2,1-2H3,(H,28,30)(H,29,31). The molecule has 2 N–H and O–H groups in total. The van der Waals surface area contributed by atoms with Crippen LogP contribution in [0.5, 0.6) is 0 Å². The maximum atomic E-state index is 12.6. The van der Waals surface area contributed by atoms with E-state index in [-0.39, 0.29) is 18.2 Å². The van der Waals surface area contributed by atoms with Crippen molar-refractivity contribution in [1.82, 2.24) is 0 Å². The maximum absolute atomic E-state index is 12.6. The van der Waals surface area contributed by atoms with Crippen molar-refractivity contribution in [3.63, 3.8) is 0 Å². The molecule has 4 aromatic carbocycles. The van der Waals surface area contributed by atoms with Crippen molar-refractivity contribution < 1.29 is 9.59 Å². The number of hydrogen-bond donors (Lipinski definition) is 2. The quantitative estimate of drug-likeness (QED) is 0.433. The van der Waals surface area contributed by atoms with Crippen LogP contribution in [0, 0.1) is 13.8 Å². The zero-order valence-corrected chi connectivity index (χ0v) is 17.6. The lowest BCUT2D eigenvalue weighted by molar-refractivity contribution is -0.115. The third-order valence-electron chi connectivity index (χ3n) is 5.29. The fourth-order valence-electron chi connectivity index (χ4n) is 3.68. The van der Waals surface area contributed by atoms with E-state index in [2.05, 4.69) is 10.6 Å². The number of amides is 2. The number of fused-ring (bicyclic) bond motifs is 1. The summed E-state index contributed by atoms with van der Waals surface area (Å²) >= 11 is 0. The van der Waals surface area contributed by atoms with Gasteiger partial charge in [0, 0.05) is 16.9 Å². The van der Waals surface area contributed by atoms with Gasteiger partial charge in [-0.3, -0.25) is 9.59 Å². The number of anilines is 2. The van der Waals surface area contributed by atoms with Gasteiger partial charge in [0.2, 0.25) is 5.91 Å². The number of aryl methyl sites for hydroxylation is 2. The molecule has 4 heteroatoms. The fourth-order valence-corrected chi connectivity index (χ4v) is 3.68. The van der Waals surface area contributed by atoms with Crippen LogP contribution in [0.1, 0.15) is 27.0 Å². The molecule has 4 aromatic rings. The second-order valence-corrected chi connectivity index (χ2v) is 7.71.